The topological polar surface area (TPSA) is 51.8 Å². The molecule has 1 aromatic rings. The predicted octanol–water partition coefficient (Wildman–Crippen LogP) is 0.984. The standard InChI is InChI=1S/C7H11N3/c1-4-5(2)9-10-6(3)7(4)8/h1-3H3,(H2,8,9). The molecule has 54 valence electrons. The van der Waals surface area contributed by atoms with E-state index in [1.54, 1.807) is 0 Å². The summed E-state index contributed by atoms with van der Waals surface area (Å²) in [7, 11) is 0. The second kappa shape index (κ2) is 2.25. The monoisotopic (exact) mass is 137 g/mol. The van der Waals surface area contributed by atoms with Crippen LogP contribution in [0.1, 0.15) is 17.0 Å². The maximum Gasteiger partial charge on any atom is 0.0831 e. The number of hydrogen-bond acceptors (Lipinski definition) is 3. The van der Waals surface area contributed by atoms with E-state index in [4.69, 9.17) is 5.73 Å². The molecule has 0 fully saturated rings. The molecule has 2 N–H and O–H groups in total. The van der Waals surface area contributed by atoms with Crippen molar-refractivity contribution in [3.05, 3.63) is 17.0 Å². The van der Waals surface area contributed by atoms with E-state index in [1.165, 1.54) is 0 Å². The van der Waals surface area contributed by atoms with Gasteiger partial charge in [-0.05, 0) is 26.3 Å². The Morgan fingerprint density at radius 1 is 1.00 bits per heavy atom. The van der Waals surface area contributed by atoms with E-state index in [-0.39, 0.29) is 0 Å². The minimum Gasteiger partial charge on any atom is -0.397 e. The fourth-order valence-corrected chi connectivity index (χ4v) is 0.745. The van der Waals surface area contributed by atoms with Gasteiger partial charge in [-0.3, -0.25) is 0 Å². The molecule has 0 bridgehead atoms. The van der Waals surface area contributed by atoms with E-state index in [1.807, 2.05) is 20.8 Å². The number of nitrogens with two attached hydrogens (primary N) is 1. The van der Waals surface area contributed by atoms with E-state index in [0.717, 1.165) is 22.6 Å². The lowest BCUT2D eigenvalue weighted by Gasteiger charge is -2.03. The van der Waals surface area contributed by atoms with Crippen molar-refractivity contribution in [2.24, 2.45) is 0 Å². The van der Waals surface area contributed by atoms with Gasteiger partial charge in [0.25, 0.3) is 0 Å². The van der Waals surface area contributed by atoms with Crippen LogP contribution in [0, 0.1) is 20.8 Å². The maximum atomic E-state index is 5.68. The van der Waals surface area contributed by atoms with Crippen molar-refractivity contribution in [3.63, 3.8) is 0 Å². The zero-order valence-corrected chi connectivity index (χ0v) is 6.47. The summed E-state index contributed by atoms with van der Waals surface area (Å²) < 4.78 is 0. The largest absolute Gasteiger partial charge is 0.397 e. The number of rotatable bonds is 0. The molecule has 0 radical (unpaired) electrons. The van der Waals surface area contributed by atoms with Crippen molar-refractivity contribution in [2.45, 2.75) is 20.8 Å². The van der Waals surface area contributed by atoms with Crippen molar-refractivity contribution in [3.8, 4) is 0 Å². The third-order valence-electron chi connectivity index (χ3n) is 1.69. The minimum atomic E-state index is 0.757. The first-order valence-corrected chi connectivity index (χ1v) is 3.19. The quantitative estimate of drug-likeness (QED) is 0.580. The molecule has 1 heterocycles. The van der Waals surface area contributed by atoms with Gasteiger partial charge in [-0.25, -0.2) is 0 Å². The summed E-state index contributed by atoms with van der Waals surface area (Å²) >= 11 is 0. The fraction of sp³-hybridized carbons (Fsp3) is 0.429. The van der Waals surface area contributed by atoms with E-state index in [2.05, 4.69) is 10.2 Å². The highest BCUT2D eigenvalue weighted by atomic mass is 15.1. The number of aromatic nitrogens is 2. The molecule has 0 saturated heterocycles. The Morgan fingerprint density at radius 3 is 2.00 bits per heavy atom. The first kappa shape index (κ1) is 6.99. The van der Waals surface area contributed by atoms with Crippen molar-refractivity contribution in [1.82, 2.24) is 10.2 Å². The molecule has 0 aliphatic rings. The van der Waals surface area contributed by atoms with Crippen molar-refractivity contribution in [1.29, 1.82) is 0 Å². The van der Waals surface area contributed by atoms with Crippen LogP contribution >= 0.6 is 0 Å². The first-order valence-electron chi connectivity index (χ1n) is 3.19. The molecule has 10 heavy (non-hydrogen) atoms. The second-order valence-corrected chi connectivity index (χ2v) is 2.41. The van der Waals surface area contributed by atoms with Crippen LogP contribution in [0.25, 0.3) is 0 Å². The van der Waals surface area contributed by atoms with Crippen LogP contribution in [0.15, 0.2) is 0 Å². The van der Waals surface area contributed by atoms with Gasteiger partial charge in [-0.1, -0.05) is 0 Å². The third-order valence-corrected chi connectivity index (χ3v) is 1.69. The lowest BCUT2D eigenvalue weighted by Crippen LogP contribution is -2.01. The number of hydrogen-bond donors (Lipinski definition) is 1. The molecule has 0 atom stereocenters. The summed E-state index contributed by atoms with van der Waals surface area (Å²) in [5.41, 5.74) is 9.19. The molecule has 0 unspecified atom stereocenters. The Hall–Kier alpha value is -1.12. The normalized spacial score (nSPS) is 9.90. The number of anilines is 1. The van der Waals surface area contributed by atoms with Gasteiger partial charge in [0.15, 0.2) is 0 Å². The van der Waals surface area contributed by atoms with Gasteiger partial charge in [0.05, 0.1) is 17.1 Å². The molecular formula is C7H11N3. The van der Waals surface area contributed by atoms with Gasteiger partial charge in [0.1, 0.15) is 0 Å². The number of nitrogens with zero attached hydrogens (tertiary/aromatic N) is 2. The van der Waals surface area contributed by atoms with Gasteiger partial charge in [-0.2, -0.15) is 10.2 Å². The Bertz CT molecular complexity index is 228. The molecule has 3 nitrogen and oxygen atoms in total. The third kappa shape index (κ3) is 0.943. The smallest absolute Gasteiger partial charge is 0.0831 e. The lowest BCUT2D eigenvalue weighted by atomic mass is 10.2. The van der Waals surface area contributed by atoms with Crippen LogP contribution in [0.3, 0.4) is 0 Å². The second-order valence-electron chi connectivity index (χ2n) is 2.41. The Morgan fingerprint density at radius 2 is 1.50 bits per heavy atom. The minimum absolute atomic E-state index is 0.757. The Kier molecular flexibility index (Phi) is 1.57. The van der Waals surface area contributed by atoms with Crippen LogP contribution in [0.4, 0.5) is 5.69 Å². The molecule has 0 spiro atoms. The molecule has 3 heteroatoms. The predicted molar refractivity (Wildman–Crippen MR) is 40.7 cm³/mol. The van der Waals surface area contributed by atoms with Crippen molar-refractivity contribution >= 4 is 5.69 Å². The van der Waals surface area contributed by atoms with Crippen LogP contribution in [0.5, 0.6) is 0 Å². The van der Waals surface area contributed by atoms with Crippen LogP contribution < -0.4 is 5.73 Å². The zero-order chi connectivity index (χ0) is 7.72. The highest BCUT2D eigenvalue weighted by molar-refractivity contribution is 5.50. The highest BCUT2D eigenvalue weighted by Gasteiger charge is 2.01. The van der Waals surface area contributed by atoms with E-state index < -0.39 is 0 Å². The summed E-state index contributed by atoms with van der Waals surface area (Å²) in [6, 6.07) is 0. The van der Waals surface area contributed by atoms with Crippen LogP contribution in [-0.2, 0) is 0 Å². The SMILES string of the molecule is Cc1nnc(C)c(N)c1C. The van der Waals surface area contributed by atoms with E-state index >= 15 is 0 Å². The molecule has 1 rings (SSSR count). The zero-order valence-electron chi connectivity index (χ0n) is 6.47. The summed E-state index contributed by atoms with van der Waals surface area (Å²) in [5, 5.41) is 7.77. The van der Waals surface area contributed by atoms with Crippen molar-refractivity contribution < 1.29 is 0 Å². The summed E-state index contributed by atoms with van der Waals surface area (Å²) in [5.74, 6) is 0. The average molecular weight is 137 g/mol. The summed E-state index contributed by atoms with van der Waals surface area (Å²) in [6.07, 6.45) is 0. The van der Waals surface area contributed by atoms with Gasteiger partial charge in [0, 0.05) is 0 Å². The maximum absolute atomic E-state index is 5.68. The molecule has 0 aromatic carbocycles. The van der Waals surface area contributed by atoms with Gasteiger partial charge in [0.2, 0.25) is 0 Å². The van der Waals surface area contributed by atoms with Gasteiger partial charge in [-0.15, -0.1) is 0 Å². The van der Waals surface area contributed by atoms with Crippen molar-refractivity contribution in [2.75, 3.05) is 5.73 Å². The molecule has 0 aliphatic carbocycles. The number of aryl methyl sites for hydroxylation is 2. The summed E-state index contributed by atoms with van der Waals surface area (Å²) in [4.78, 5) is 0. The van der Waals surface area contributed by atoms with Gasteiger partial charge < -0.3 is 5.73 Å². The lowest BCUT2D eigenvalue weighted by molar-refractivity contribution is 0.929. The van der Waals surface area contributed by atoms with Crippen LogP contribution in [-0.4, -0.2) is 10.2 Å². The highest BCUT2D eigenvalue weighted by Crippen LogP contribution is 2.13. The fourth-order valence-electron chi connectivity index (χ4n) is 0.745. The Balaban J connectivity index is 3.34. The van der Waals surface area contributed by atoms with E-state index in [0.29, 0.717) is 0 Å². The first-order chi connectivity index (χ1) is 4.63. The molecule has 0 amide bonds. The van der Waals surface area contributed by atoms with E-state index in [9.17, 15) is 0 Å². The number of nitrogen functional groups attached to an aromatic ring is 1. The molecular weight excluding hydrogens is 126 g/mol. The molecule has 0 saturated carbocycles. The van der Waals surface area contributed by atoms with Crippen LogP contribution in [0.2, 0.25) is 0 Å². The Labute approximate surface area is 60.3 Å². The summed E-state index contributed by atoms with van der Waals surface area (Å²) in [6.45, 7) is 5.71. The average Bonchev–Trinajstić information content (AvgIpc) is 1.93. The molecule has 0 aliphatic heterocycles. The van der Waals surface area contributed by atoms with Gasteiger partial charge >= 0.3 is 0 Å². The molecule has 1 aromatic heterocycles.